The summed E-state index contributed by atoms with van der Waals surface area (Å²) in [5.74, 6) is 1.52. The highest BCUT2D eigenvalue weighted by molar-refractivity contribution is 6.04. The third kappa shape index (κ3) is 7.56. The Balaban J connectivity index is 1.47. The second-order valence-corrected chi connectivity index (χ2v) is 11.6. The van der Waals surface area contributed by atoms with Crippen LogP contribution < -0.4 is 19.5 Å². The topological polar surface area (TPSA) is 94.0 Å². The van der Waals surface area contributed by atoms with Crippen LogP contribution in [0.2, 0.25) is 0 Å². The number of hydrogen-bond donors (Lipinski definition) is 1. The number of rotatable bonds is 11. The Morgan fingerprint density at radius 1 is 0.976 bits per heavy atom. The smallest absolute Gasteiger partial charge is 0.278 e. The van der Waals surface area contributed by atoms with E-state index in [9.17, 15) is 4.79 Å². The number of carbonyl (C=O) groups is 1. The van der Waals surface area contributed by atoms with Gasteiger partial charge in [-0.3, -0.25) is 4.79 Å². The summed E-state index contributed by atoms with van der Waals surface area (Å²) in [6.45, 7) is 14.4. The molecule has 41 heavy (non-hydrogen) atoms. The Labute approximate surface area is 243 Å². The third-order valence-corrected chi connectivity index (χ3v) is 7.54. The molecule has 222 valence electrons. The lowest BCUT2D eigenvalue weighted by molar-refractivity contribution is 0.102. The van der Waals surface area contributed by atoms with E-state index in [1.165, 1.54) is 0 Å². The van der Waals surface area contributed by atoms with E-state index in [1.54, 1.807) is 44.0 Å². The van der Waals surface area contributed by atoms with Crippen LogP contribution in [0, 0.1) is 6.92 Å². The minimum absolute atomic E-state index is 0.0948. The summed E-state index contributed by atoms with van der Waals surface area (Å²) >= 11 is 0. The molecule has 10 heteroatoms. The standard InChI is InChI=1S/C31H44N6O4/c1-22-29(33-34-37(22)26-21-24(39-6)11-13-28(26)40-7)30(38)32-25-20-23(31(2,3)4)10-12-27(25)41-19-9-8-14-36-17-15-35(5)16-18-36/h10-13,20-21H,8-9,14-19H2,1-7H3,(H,32,38). The first-order valence-corrected chi connectivity index (χ1v) is 14.2. The van der Waals surface area contributed by atoms with Crippen molar-refractivity contribution < 1.29 is 19.0 Å². The Kier molecular flexibility index (Phi) is 9.88. The molecule has 10 nitrogen and oxygen atoms in total. The minimum Gasteiger partial charge on any atom is -0.497 e. The molecule has 1 saturated heterocycles. The summed E-state index contributed by atoms with van der Waals surface area (Å²) in [6.07, 6.45) is 2.01. The Morgan fingerprint density at radius 2 is 1.71 bits per heavy atom. The number of unbranched alkanes of at least 4 members (excludes halogenated alkanes) is 1. The monoisotopic (exact) mass is 564 g/mol. The van der Waals surface area contributed by atoms with Crippen molar-refractivity contribution in [3.05, 3.63) is 53.3 Å². The number of amides is 1. The van der Waals surface area contributed by atoms with Gasteiger partial charge in [0, 0.05) is 32.2 Å². The molecule has 1 fully saturated rings. The van der Waals surface area contributed by atoms with Crippen LogP contribution in [0.25, 0.3) is 5.69 Å². The predicted molar refractivity (Wildman–Crippen MR) is 161 cm³/mol. The largest absolute Gasteiger partial charge is 0.497 e. The zero-order chi connectivity index (χ0) is 29.6. The number of nitrogens with zero attached hydrogens (tertiary/aromatic N) is 5. The molecule has 1 N–H and O–H groups in total. The number of nitrogens with one attached hydrogen (secondary N) is 1. The lowest BCUT2D eigenvalue weighted by Crippen LogP contribution is -2.44. The van der Waals surface area contributed by atoms with Gasteiger partial charge in [0.1, 0.15) is 22.9 Å². The van der Waals surface area contributed by atoms with Crippen molar-refractivity contribution in [3.63, 3.8) is 0 Å². The number of likely N-dealkylation sites (N-methyl/N-ethyl adjacent to an activating group) is 1. The second-order valence-electron chi connectivity index (χ2n) is 11.6. The molecule has 1 aliphatic rings. The van der Waals surface area contributed by atoms with E-state index in [0.29, 0.717) is 40.9 Å². The normalized spacial score (nSPS) is 14.6. The fourth-order valence-electron chi connectivity index (χ4n) is 4.82. The lowest BCUT2D eigenvalue weighted by atomic mass is 9.87. The lowest BCUT2D eigenvalue weighted by Gasteiger charge is -2.32. The maximum absolute atomic E-state index is 13.5. The molecule has 0 aliphatic carbocycles. The molecule has 0 unspecified atom stereocenters. The first-order chi connectivity index (χ1) is 19.6. The van der Waals surface area contributed by atoms with Gasteiger partial charge in [0.15, 0.2) is 5.69 Å². The van der Waals surface area contributed by atoms with Crippen molar-refractivity contribution in [2.75, 3.05) is 65.9 Å². The molecule has 0 bridgehead atoms. The van der Waals surface area contributed by atoms with Gasteiger partial charge in [-0.15, -0.1) is 5.10 Å². The molecule has 2 aromatic carbocycles. The van der Waals surface area contributed by atoms with Crippen molar-refractivity contribution >= 4 is 11.6 Å². The van der Waals surface area contributed by atoms with Crippen LogP contribution in [0.3, 0.4) is 0 Å². The molecular formula is C31H44N6O4. The van der Waals surface area contributed by atoms with Gasteiger partial charge in [0.25, 0.3) is 5.91 Å². The average molecular weight is 565 g/mol. The molecule has 1 amide bonds. The SMILES string of the molecule is COc1ccc(OC)c(-n2nnc(C(=O)Nc3cc(C(C)(C)C)ccc3OCCCCN3CCN(C)CC3)c2C)c1. The highest BCUT2D eigenvalue weighted by Gasteiger charge is 2.23. The highest BCUT2D eigenvalue weighted by atomic mass is 16.5. The van der Waals surface area contributed by atoms with Gasteiger partial charge < -0.3 is 29.3 Å². The second kappa shape index (κ2) is 13.4. The quantitative estimate of drug-likeness (QED) is 0.339. The van der Waals surface area contributed by atoms with Crippen molar-refractivity contribution in [2.45, 2.75) is 46.0 Å². The van der Waals surface area contributed by atoms with Gasteiger partial charge in [-0.1, -0.05) is 32.1 Å². The molecule has 1 aliphatic heterocycles. The summed E-state index contributed by atoms with van der Waals surface area (Å²) in [5, 5.41) is 11.5. The number of piperazine rings is 1. The maximum Gasteiger partial charge on any atom is 0.278 e. The highest BCUT2D eigenvalue weighted by Crippen LogP contribution is 2.33. The maximum atomic E-state index is 13.5. The summed E-state index contributed by atoms with van der Waals surface area (Å²) in [6, 6.07) is 11.4. The van der Waals surface area contributed by atoms with Crippen molar-refractivity contribution in [1.82, 2.24) is 24.8 Å². The van der Waals surface area contributed by atoms with E-state index in [2.05, 4.69) is 59.3 Å². The first-order valence-electron chi connectivity index (χ1n) is 14.2. The number of hydrogen-bond acceptors (Lipinski definition) is 8. The third-order valence-electron chi connectivity index (χ3n) is 7.54. The van der Waals surface area contributed by atoms with E-state index in [1.807, 2.05) is 12.1 Å². The number of aromatic nitrogens is 3. The fraction of sp³-hybridized carbons (Fsp3) is 0.516. The molecular weight excluding hydrogens is 520 g/mol. The van der Waals surface area contributed by atoms with Crippen LogP contribution in [-0.2, 0) is 5.41 Å². The molecule has 1 aromatic heterocycles. The molecule has 0 atom stereocenters. The van der Waals surface area contributed by atoms with Crippen LogP contribution in [-0.4, -0.2) is 91.3 Å². The first kappa shape index (κ1) is 30.3. The summed E-state index contributed by atoms with van der Waals surface area (Å²) in [7, 11) is 5.35. The van der Waals surface area contributed by atoms with E-state index in [-0.39, 0.29) is 17.0 Å². The number of carbonyl (C=O) groups excluding carboxylic acids is 1. The number of anilines is 1. The van der Waals surface area contributed by atoms with Crippen molar-refractivity contribution in [1.29, 1.82) is 0 Å². The molecule has 0 radical (unpaired) electrons. The van der Waals surface area contributed by atoms with Crippen molar-refractivity contribution in [3.8, 4) is 22.9 Å². The van der Waals surface area contributed by atoms with E-state index in [4.69, 9.17) is 14.2 Å². The van der Waals surface area contributed by atoms with Gasteiger partial charge in [0.05, 0.1) is 32.2 Å². The zero-order valence-corrected chi connectivity index (χ0v) is 25.5. The molecule has 0 saturated carbocycles. The fourth-order valence-corrected chi connectivity index (χ4v) is 4.82. The van der Waals surface area contributed by atoms with Gasteiger partial charge >= 0.3 is 0 Å². The number of benzene rings is 2. The molecule has 0 spiro atoms. The summed E-state index contributed by atoms with van der Waals surface area (Å²) < 4.78 is 18.7. The Morgan fingerprint density at radius 3 is 2.39 bits per heavy atom. The predicted octanol–water partition coefficient (Wildman–Crippen LogP) is 4.55. The van der Waals surface area contributed by atoms with Crippen LogP contribution in [0.5, 0.6) is 17.2 Å². The summed E-state index contributed by atoms with van der Waals surface area (Å²) in [5.41, 5.74) is 3.04. The minimum atomic E-state index is -0.360. The van der Waals surface area contributed by atoms with Gasteiger partial charge in [0.2, 0.25) is 0 Å². The number of ether oxygens (including phenoxy) is 3. The van der Waals surface area contributed by atoms with Gasteiger partial charge in [-0.2, -0.15) is 0 Å². The number of methoxy groups -OCH3 is 2. The Bertz CT molecular complexity index is 1320. The zero-order valence-electron chi connectivity index (χ0n) is 25.5. The molecule has 2 heterocycles. The average Bonchev–Trinajstić information content (AvgIpc) is 3.34. The van der Waals surface area contributed by atoms with Gasteiger partial charge in [-0.05, 0) is 68.6 Å². The van der Waals surface area contributed by atoms with Crippen LogP contribution in [0.1, 0.15) is 55.4 Å². The van der Waals surface area contributed by atoms with Gasteiger partial charge in [-0.25, -0.2) is 4.68 Å². The molecule has 3 aromatic rings. The molecule has 4 rings (SSSR count). The summed E-state index contributed by atoms with van der Waals surface area (Å²) in [4.78, 5) is 18.4. The van der Waals surface area contributed by atoms with E-state index in [0.717, 1.165) is 51.1 Å². The Hall–Kier alpha value is -3.63. The van der Waals surface area contributed by atoms with E-state index >= 15 is 0 Å². The van der Waals surface area contributed by atoms with Crippen molar-refractivity contribution in [2.24, 2.45) is 0 Å². The van der Waals surface area contributed by atoms with Crippen LogP contribution >= 0.6 is 0 Å². The van der Waals surface area contributed by atoms with E-state index < -0.39 is 0 Å². The van der Waals surface area contributed by atoms with Crippen LogP contribution in [0.15, 0.2) is 36.4 Å². The van der Waals surface area contributed by atoms with Crippen LogP contribution in [0.4, 0.5) is 5.69 Å².